The molecule has 7 heteroatoms. The molecule has 1 heterocycles. The van der Waals surface area contributed by atoms with Crippen LogP contribution in [0.2, 0.25) is 0 Å². The minimum absolute atomic E-state index is 0.0455. The number of carbonyl (C=O) groups is 2. The number of thiazole rings is 1. The number of hydrogen-bond acceptors (Lipinski definition) is 4. The van der Waals surface area contributed by atoms with Crippen LogP contribution in [-0.4, -0.2) is 30.5 Å². The summed E-state index contributed by atoms with van der Waals surface area (Å²) in [6.07, 6.45) is 2.86. The van der Waals surface area contributed by atoms with Gasteiger partial charge in [0.05, 0.1) is 12.2 Å². The highest BCUT2D eigenvalue weighted by Crippen LogP contribution is 2.24. The zero-order chi connectivity index (χ0) is 14.3. The molecule has 1 aromatic heterocycles. The summed E-state index contributed by atoms with van der Waals surface area (Å²) in [6, 6.07) is -0.414. The molecule has 0 aliphatic carbocycles. The maximum Gasteiger partial charge on any atom is 0.321 e. The molecule has 0 unspecified atom stereocenters. The lowest BCUT2D eigenvalue weighted by Crippen LogP contribution is -2.37. The number of rotatable bonds is 6. The summed E-state index contributed by atoms with van der Waals surface area (Å²) in [5.41, 5.74) is 1.05. The lowest BCUT2D eigenvalue weighted by molar-refractivity contribution is -0.119. The van der Waals surface area contributed by atoms with Crippen LogP contribution in [-0.2, 0) is 17.6 Å². The summed E-state index contributed by atoms with van der Waals surface area (Å²) in [4.78, 5) is 28.2. The SMILES string of the molecule is CCCc1nc(NC(=O)NCC(=O)NC)sc1CC. The Bertz CT molecular complexity index is 445. The molecule has 6 nitrogen and oxygen atoms in total. The van der Waals surface area contributed by atoms with Crippen LogP contribution in [0.25, 0.3) is 0 Å². The fourth-order valence-electron chi connectivity index (χ4n) is 1.54. The summed E-state index contributed by atoms with van der Waals surface area (Å²) in [5.74, 6) is -0.241. The predicted octanol–water partition coefficient (Wildman–Crippen LogP) is 1.53. The molecule has 3 amide bonds. The minimum atomic E-state index is -0.414. The fraction of sp³-hybridized carbons (Fsp3) is 0.583. The van der Waals surface area contributed by atoms with E-state index in [-0.39, 0.29) is 12.5 Å². The first-order chi connectivity index (χ1) is 9.10. The van der Waals surface area contributed by atoms with Crippen molar-refractivity contribution < 1.29 is 9.59 Å². The number of urea groups is 1. The smallest absolute Gasteiger partial charge is 0.321 e. The van der Waals surface area contributed by atoms with Gasteiger partial charge in [-0.3, -0.25) is 10.1 Å². The average molecular weight is 284 g/mol. The number of hydrogen-bond donors (Lipinski definition) is 3. The molecule has 0 radical (unpaired) electrons. The number of likely N-dealkylation sites (N-methyl/N-ethyl adjacent to an activating group) is 1. The van der Waals surface area contributed by atoms with Crippen LogP contribution in [0.1, 0.15) is 30.8 Å². The standard InChI is InChI=1S/C12H20N4O2S/c1-4-6-8-9(5-2)19-12(15-8)16-11(18)14-7-10(17)13-3/h4-7H2,1-3H3,(H,13,17)(H2,14,15,16,18). The van der Waals surface area contributed by atoms with Crippen LogP contribution in [0.3, 0.4) is 0 Å². The van der Waals surface area contributed by atoms with Gasteiger partial charge < -0.3 is 10.6 Å². The van der Waals surface area contributed by atoms with Crippen LogP contribution in [0.5, 0.6) is 0 Å². The molecule has 0 fully saturated rings. The average Bonchev–Trinajstić information content (AvgIpc) is 2.78. The topological polar surface area (TPSA) is 83.1 Å². The van der Waals surface area contributed by atoms with Gasteiger partial charge in [-0.1, -0.05) is 20.3 Å². The van der Waals surface area contributed by atoms with E-state index in [4.69, 9.17) is 0 Å². The van der Waals surface area contributed by atoms with Gasteiger partial charge in [0.25, 0.3) is 0 Å². The van der Waals surface area contributed by atoms with Crippen molar-refractivity contribution in [2.45, 2.75) is 33.1 Å². The van der Waals surface area contributed by atoms with Crippen molar-refractivity contribution in [1.82, 2.24) is 15.6 Å². The van der Waals surface area contributed by atoms with Crippen LogP contribution < -0.4 is 16.0 Å². The molecule has 0 spiro atoms. The highest BCUT2D eigenvalue weighted by Gasteiger charge is 2.11. The number of aromatic nitrogens is 1. The maximum absolute atomic E-state index is 11.6. The van der Waals surface area contributed by atoms with Gasteiger partial charge in [-0.05, 0) is 12.8 Å². The highest BCUT2D eigenvalue weighted by molar-refractivity contribution is 7.15. The molecular formula is C12H20N4O2S. The summed E-state index contributed by atoms with van der Waals surface area (Å²) < 4.78 is 0. The lowest BCUT2D eigenvalue weighted by atomic mass is 10.2. The number of nitrogens with one attached hydrogen (secondary N) is 3. The molecule has 0 bridgehead atoms. The lowest BCUT2D eigenvalue weighted by Gasteiger charge is -2.03. The Morgan fingerprint density at radius 2 is 2.05 bits per heavy atom. The number of nitrogens with zero attached hydrogens (tertiary/aromatic N) is 1. The van der Waals surface area contributed by atoms with Crippen LogP contribution in [0, 0.1) is 0 Å². The Morgan fingerprint density at radius 1 is 1.32 bits per heavy atom. The van der Waals surface area contributed by atoms with Crippen molar-refractivity contribution in [2.75, 3.05) is 18.9 Å². The number of amides is 3. The molecule has 0 aliphatic rings. The molecule has 106 valence electrons. The Balaban J connectivity index is 2.56. The largest absolute Gasteiger partial charge is 0.358 e. The van der Waals surface area contributed by atoms with E-state index in [0.29, 0.717) is 5.13 Å². The van der Waals surface area contributed by atoms with Gasteiger partial charge in [0.15, 0.2) is 5.13 Å². The molecule has 3 N–H and O–H groups in total. The van der Waals surface area contributed by atoms with Crippen molar-refractivity contribution in [2.24, 2.45) is 0 Å². The molecule has 1 rings (SSSR count). The molecule has 0 saturated carbocycles. The van der Waals surface area contributed by atoms with E-state index in [9.17, 15) is 9.59 Å². The molecule has 0 saturated heterocycles. The molecule has 0 atom stereocenters. The number of anilines is 1. The first kappa shape index (κ1) is 15.4. The van der Waals surface area contributed by atoms with Gasteiger partial charge in [0, 0.05) is 11.9 Å². The summed E-state index contributed by atoms with van der Waals surface area (Å²) >= 11 is 1.48. The first-order valence-corrected chi connectivity index (χ1v) is 7.16. The van der Waals surface area contributed by atoms with E-state index in [0.717, 1.165) is 25.0 Å². The second-order valence-electron chi connectivity index (χ2n) is 3.97. The van der Waals surface area contributed by atoms with E-state index >= 15 is 0 Å². The fourth-order valence-corrected chi connectivity index (χ4v) is 2.48. The Kier molecular flexibility index (Phi) is 6.27. The zero-order valence-electron chi connectivity index (χ0n) is 11.5. The predicted molar refractivity (Wildman–Crippen MR) is 76.6 cm³/mol. The minimum Gasteiger partial charge on any atom is -0.358 e. The number of aryl methyl sites for hydroxylation is 2. The van der Waals surface area contributed by atoms with Crippen molar-refractivity contribution in [3.8, 4) is 0 Å². The second kappa shape index (κ2) is 7.73. The Morgan fingerprint density at radius 3 is 2.63 bits per heavy atom. The second-order valence-corrected chi connectivity index (χ2v) is 5.06. The van der Waals surface area contributed by atoms with E-state index < -0.39 is 6.03 Å². The number of carbonyl (C=O) groups excluding carboxylic acids is 2. The van der Waals surface area contributed by atoms with E-state index in [1.807, 2.05) is 0 Å². The monoisotopic (exact) mass is 284 g/mol. The van der Waals surface area contributed by atoms with Gasteiger partial charge in [-0.15, -0.1) is 11.3 Å². The highest BCUT2D eigenvalue weighted by atomic mass is 32.1. The van der Waals surface area contributed by atoms with Gasteiger partial charge in [0.1, 0.15) is 0 Å². The van der Waals surface area contributed by atoms with Crippen molar-refractivity contribution in [1.29, 1.82) is 0 Å². The Hall–Kier alpha value is -1.63. The van der Waals surface area contributed by atoms with Crippen molar-refractivity contribution in [3.63, 3.8) is 0 Å². The summed E-state index contributed by atoms with van der Waals surface area (Å²) in [7, 11) is 1.52. The third kappa shape index (κ3) is 4.86. The summed E-state index contributed by atoms with van der Waals surface area (Å²) in [6.45, 7) is 4.13. The van der Waals surface area contributed by atoms with E-state index in [1.165, 1.54) is 23.3 Å². The quantitative estimate of drug-likeness (QED) is 0.740. The van der Waals surface area contributed by atoms with Gasteiger partial charge in [-0.2, -0.15) is 0 Å². The van der Waals surface area contributed by atoms with Gasteiger partial charge in [0.2, 0.25) is 5.91 Å². The third-order valence-electron chi connectivity index (χ3n) is 2.49. The summed E-state index contributed by atoms with van der Waals surface area (Å²) in [5, 5.41) is 8.12. The molecule has 0 aromatic carbocycles. The van der Waals surface area contributed by atoms with Crippen molar-refractivity contribution >= 4 is 28.4 Å². The van der Waals surface area contributed by atoms with E-state index in [2.05, 4.69) is 34.8 Å². The van der Waals surface area contributed by atoms with Crippen LogP contribution in [0.15, 0.2) is 0 Å². The van der Waals surface area contributed by atoms with Gasteiger partial charge >= 0.3 is 6.03 Å². The van der Waals surface area contributed by atoms with Crippen LogP contribution >= 0.6 is 11.3 Å². The van der Waals surface area contributed by atoms with Gasteiger partial charge in [-0.25, -0.2) is 9.78 Å². The Labute approximate surface area is 117 Å². The van der Waals surface area contributed by atoms with E-state index in [1.54, 1.807) is 0 Å². The first-order valence-electron chi connectivity index (χ1n) is 6.34. The molecular weight excluding hydrogens is 264 g/mol. The maximum atomic E-state index is 11.6. The normalized spacial score (nSPS) is 10.1. The van der Waals surface area contributed by atoms with Crippen molar-refractivity contribution in [3.05, 3.63) is 10.6 Å². The zero-order valence-corrected chi connectivity index (χ0v) is 12.3. The molecule has 19 heavy (non-hydrogen) atoms. The molecule has 0 aliphatic heterocycles. The molecule has 1 aromatic rings. The third-order valence-corrected chi connectivity index (χ3v) is 3.65. The van der Waals surface area contributed by atoms with Crippen LogP contribution in [0.4, 0.5) is 9.93 Å².